The second kappa shape index (κ2) is 4.97. The van der Waals surface area contributed by atoms with Crippen molar-refractivity contribution in [3.05, 3.63) is 36.3 Å². The maximum atomic E-state index is 8.91. The van der Waals surface area contributed by atoms with Gasteiger partial charge in [-0.15, -0.1) is 0 Å². The van der Waals surface area contributed by atoms with Crippen molar-refractivity contribution < 1.29 is 5.11 Å². The third kappa shape index (κ3) is 2.08. The summed E-state index contributed by atoms with van der Waals surface area (Å²) in [6, 6.07) is 8.15. The third-order valence-corrected chi connectivity index (χ3v) is 3.46. The molecule has 2 heterocycles. The van der Waals surface area contributed by atoms with Crippen LogP contribution in [0.15, 0.2) is 30.5 Å². The molecule has 0 bridgehead atoms. The summed E-state index contributed by atoms with van der Waals surface area (Å²) in [6.45, 7) is 3.15. The minimum absolute atomic E-state index is 0.244. The number of rotatable bonds is 4. The fraction of sp³-hybridized carbons (Fsp3) is 0.333. The summed E-state index contributed by atoms with van der Waals surface area (Å²) in [7, 11) is 0. The van der Waals surface area contributed by atoms with Crippen LogP contribution in [0.25, 0.3) is 21.9 Å². The zero-order valence-electron chi connectivity index (χ0n) is 11.0. The van der Waals surface area contributed by atoms with Gasteiger partial charge in [-0.25, -0.2) is 4.98 Å². The van der Waals surface area contributed by atoms with Crippen LogP contribution in [0.5, 0.6) is 0 Å². The predicted octanol–water partition coefficient (Wildman–Crippen LogP) is 2.67. The standard InChI is InChI=1S/C15H17N3O/c1-11-17-14-10-16-13-7-3-2-6-12(13)15(14)18(11)8-4-5-9-19/h2-3,6-7,10,19H,4-5,8-9H2,1H3. The highest BCUT2D eigenvalue weighted by Crippen LogP contribution is 2.24. The molecule has 1 N–H and O–H groups in total. The highest BCUT2D eigenvalue weighted by atomic mass is 16.2. The molecule has 0 aliphatic carbocycles. The van der Waals surface area contributed by atoms with E-state index in [1.807, 2.05) is 31.3 Å². The lowest BCUT2D eigenvalue weighted by Gasteiger charge is -2.07. The van der Waals surface area contributed by atoms with E-state index in [1.165, 1.54) is 0 Å². The van der Waals surface area contributed by atoms with Crippen LogP contribution >= 0.6 is 0 Å². The number of unbranched alkanes of at least 4 members (excludes halogenated alkanes) is 1. The molecule has 98 valence electrons. The van der Waals surface area contributed by atoms with Crippen molar-refractivity contribution in [3.8, 4) is 0 Å². The first kappa shape index (κ1) is 12.1. The van der Waals surface area contributed by atoms with Crippen molar-refractivity contribution in [2.45, 2.75) is 26.3 Å². The Balaban J connectivity index is 2.19. The van der Waals surface area contributed by atoms with Crippen LogP contribution in [0.3, 0.4) is 0 Å². The van der Waals surface area contributed by atoms with Gasteiger partial charge in [0.2, 0.25) is 0 Å². The second-order valence-electron chi connectivity index (χ2n) is 4.75. The molecule has 0 radical (unpaired) electrons. The van der Waals surface area contributed by atoms with E-state index >= 15 is 0 Å². The molecule has 19 heavy (non-hydrogen) atoms. The molecule has 0 aliphatic heterocycles. The van der Waals surface area contributed by atoms with E-state index < -0.39 is 0 Å². The molecule has 3 aromatic rings. The van der Waals surface area contributed by atoms with Crippen LogP contribution < -0.4 is 0 Å². The first-order valence-electron chi connectivity index (χ1n) is 6.62. The molecular weight excluding hydrogens is 238 g/mol. The fourth-order valence-electron chi connectivity index (χ4n) is 2.53. The van der Waals surface area contributed by atoms with Crippen LogP contribution in [0.1, 0.15) is 18.7 Å². The molecule has 0 saturated heterocycles. The Morgan fingerprint density at radius 1 is 1.16 bits per heavy atom. The number of aliphatic hydroxyl groups is 1. The van der Waals surface area contributed by atoms with Crippen molar-refractivity contribution >= 4 is 21.9 Å². The number of benzene rings is 1. The van der Waals surface area contributed by atoms with Gasteiger partial charge < -0.3 is 9.67 Å². The summed E-state index contributed by atoms with van der Waals surface area (Å²) in [4.78, 5) is 9.02. The molecule has 4 heteroatoms. The number of hydrogen-bond donors (Lipinski definition) is 1. The quantitative estimate of drug-likeness (QED) is 0.729. The second-order valence-corrected chi connectivity index (χ2v) is 4.75. The zero-order chi connectivity index (χ0) is 13.2. The molecule has 1 aromatic carbocycles. The summed E-state index contributed by atoms with van der Waals surface area (Å²) in [5.74, 6) is 1.01. The van der Waals surface area contributed by atoms with E-state index in [0.29, 0.717) is 0 Å². The Bertz CT molecular complexity index is 718. The molecule has 3 rings (SSSR count). The number of nitrogens with zero attached hydrogens (tertiary/aromatic N) is 3. The van der Waals surface area contributed by atoms with E-state index in [1.54, 1.807) is 0 Å². The van der Waals surface area contributed by atoms with Crippen molar-refractivity contribution in [1.82, 2.24) is 14.5 Å². The Morgan fingerprint density at radius 3 is 2.84 bits per heavy atom. The Morgan fingerprint density at radius 2 is 2.00 bits per heavy atom. The normalized spacial score (nSPS) is 11.5. The van der Waals surface area contributed by atoms with Crippen LogP contribution in [-0.4, -0.2) is 26.2 Å². The number of fused-ring (bicyclic) bond motifs is 3. The predicted molar refractivity (Wildman–Crippen MR) is 76.1 cm³/mol. The molecule has 2 aromatic heterocycles. The van der Waals surface area contributed by atoms with Crippen LogP contribution in [-0.2, 0) is 6.54 Å². The molecule has 0 atom stereocenters. The summed E-state index contributed by atoms with van der Waals surface area (Å²) in [6.07, 6.45) is 3.62. The van der Waals surface area contributed by atoms with Gasteiger partial charge in [0.25, 0.3) is 0 Å². The molecule has 0 amide bonds. The topological polar surface area (TPSA) is 50.9 Å². The summed E-state index contributed by atoms with van der Waals surface area (Å²) >= 11 is 0. The van der Waals surface area contributed by atoms with Gasteiger partial charge in [-0.2, -0.15) is 0 Å². The maximum Gasteiger partial charge on any atom is 0.108 e. The van der Waals surface area contributed by atoms with E-state index in [-0.39, 0.29) is 6.61 Å². The molecule has 0 unspecified atom stereocenters. The first-order valence-corrected chi connectivity index (χ1v) is 6.62. The van der Waals surface area contributed by atoms with Gasteiger partial charge in [0, 0.05) is 18.5 Å². The number of aromatic nitrogens is 3. The lowest BCUT2D eigenvalue weighted by Crippen LogP contribution is -2.01. The minimum atomic E-state index is 0.244. The number of imidazole rings is 1. The summed E-state index contributed by atoms with van der Waals surface area (Å²) in [5.41, 5.74) is 3.10. The average molecular weight is 255 g/mol. The number of hydrogen-bond acceptors (Lipinski definition) is 3. The SMILES string of the molecule is Cc1nc2cnc3ccccc3c2n1CCCCO. The zero-order valence-corrected chi connectivity index (χ0v) is 11.0. The van der Waals surface area contributed by atoms with Gasteiger partial charge >= 0.3 is 0 Å². The van der Waals surface area contributed by atoms with Crippen molar-refractivity contribution in [3.63, 3.8) is 0 Å². The van der Waals surface area contributed by atoms with E-state index in [0.717, 1.165) is 47.1 Å². The van der Waals surface area contributed by atoms with Crippen molar-refractivity contribution in [2.75, 3.05) is 6.61 Å². The highest BCUT2D eigenvalue weighted by molar-refractivity contribution is 6.02. The van der Waals surface area contributed by atoms with Crippen LogP contribution in [0.4, 0.5) is 0 Å². The lowest BCUT2D eigenvalue weighted by molar-refractivity contribution is 0.281. The third-order valence-electron chi connectivity index (χ3n) is 3.46. The molecule has 4 nitrogen and oxygen atoms in total. The molecule has 0 fully saturated rings. The summed E-state index contributed by atoms with van der Waals surface area (Å²) in [5, 5.41) is 10.1. The number of aliphatic hydroxyl groups excluding tert-OH is 1. The van der Waals surface area contributed by atoms with Gasteiger partial charge in [-0.3, -0.25) is 4.98 Å². The monoisotopic (exact) mass is 255 g/mol. The Hall–Kier alpha value is -1.94. The van der Waals surface area contributed by atoms with Gasteiger partial charge in [-0.05, 0) is 25.8 Å². The number of aryl methyl sites for hydroxylation is 2. The van der Waals surface area contributed by atoms with Crippen LogP contribution in [0.2, 0.25) is 0 Å². The van der Waals surface area contributed by atoms with Crippen molar-refractivity contribution in [2.24, 2.45) is 0 Å². The van der Waals surface area contributed by atoms with E-state index in [9.17, 15) is 0 Å². The van der Waals surface area contributed by atoms with Gasteiger partial charge in [0.15, 0.2) is 0 Å². The molecule has 0 aliphatic rings. The van der Waals surface area contributed by atoms with Gasteiger partial charge in [0.05, 0.1) is 17.2 Å². The van der Waals surface area contributed by atoms with Crippen molar-refractivity contribution in [1.29, 1.82) is 0 Å². The fourth-order valence-corrected chi connectivity index (χ4v) is 2.53. The van der Waals surface area contributed by atoms with E-state index in [2.05, 4.69) is 20.6 Å². The first-order chi connectivity index (χ1) is 9.31. The summed E-state index contributed by atoms with van der Waals surface area (Å²) < 4.78 is 2.23. The number of pyridine rings is 1. The molecular formula is C15H17N3O. The average Bonchev–Trinajstić information content (AvgIpc) is 2.76. The minimum Gasteiger partial charge on any atom is -0.396 e. The smallest absolute Gasteiger partial charge is 0.108 e. The van der Waals surface area contributed by atoms with Gasteiger partial charge in [-0.1, -0.05) is 18.2 Å². The van der Waals surface area contributed by atoms with Crippen LogP contribution in [0, 0.1) is 6.92 Å². The largest absolute Gasteiger partial charge is 0.396 e. The lowest BCUT2D eigenvalue weighted by atomic mass is 10.2. The number of para-hydroxylation sites is 1. The Kier molecular flexibility index (Phi) is 3.17. The molecule has 0 spiro atoms. The van der Waals surface area contributed by atoms with Gasteiger partial charge in [0.1, 0.15) is 11.3 Å². The van der Waals surface area contributed by atoms with E-state index in [4.69, 9.17) is 5.11 Å². The Labute approximate surface area is 111 Å². The molecule has 0 saturated carbocycles. The highest BCUT2D eigenvalue weighted by Gasteiger charge is 2.10. The maximum absolute atomic E-state index is 8.91.